The van der Waals surface area contributed by atoms with Gasteiger partial charge in [0.1, 0.15) is 0 Å². The molecule has 0 unspecified atom stereocenters. The third-order valence-corrected chi connectivity index (χ3v) is 5.69. The van der Waals surface area contributed by atoms with E-state index in [4.69, 9.17) is 5.11 Å². The van der Waals surface area contributed by atoms with Crippen molar-refractivity contribution in [3.63, 3.8) is 0 Å². The second-order valence-electron chi connectivity index (χ2n) is 5.19. The Hall–Kier alpha value is -0.980. The lowest BCUT2D eigenvalue weighted by Gasteiger charge is -2.36. The largest absolute Gasteiger partial charge is 0.396 e. The van der Waals surface area contributed by atoms with Gasteiger partial charge in [-0.2, -0.15) is 4.31 Å². The van der Waals surface area contributed by atoms with Crippen LogP contribution in [0.2, 0.25) is 0 Å². The number of hydrogen-bond acceptors (Lipinski definition) is 4. The predicted octanol–water partition coefficient (Wildman–Crippen LogP) is 1.19. The molecule has 1 fully saturated rings. The van der Waals surface area contributed by atoms with E-state index in [1.807, 2.05) is 12.1 Å². The van der Waals surface area contributed by atoms with Crippen molar-refractivity contribution < 1.29 is 13.5 Å². The predicted molar refractivity (Wildman–Crippen MR) is 77.8 cm³/mol. The summed E-state index contributed by atoms with van der Waals surface area (Å²) in [6.45, 7) is 0.461. The second kappa shape index (κ2) is 7.15. The van der Waals surface area contributed by atoms with Crippen molar-refractivity contribution in [2.24, 2.45) is 0 Å². The third kappa shape index (κ3) is 4.01. The Morgan fingerprint density at radius 1 is 1.30 bits per heavy atom. The first-order valence-corrected chi connectivity index (χ1v) is 8.73. The summed E-state index contributed by atoms with van der Waals surface area (Å²) in [5.41, 5.74) is 0.985. The molecule has 1 aromatic rings. The minimum atomic E-state index is -3.25. The highest BCUT2D eigenvalue weighted by Gasteiger charge is 2.32. The van der Waals surface area contributed by atoms with E-state index in [0.29, 0.717) is 19.4 Å². The molecule has 112 valence electrons. The molecule has 0 spiro atoms. The van der Waals surface area contributed by atoms with Gasteiger partial charge in [0.25, 0.3) is 0 Å². The fourth-order valence-electron chi connectivity index (χ4n) is 2.36. The summed E-state index contributed by atoms with van der Waals surface area (Å²) >= 11 is 0. The van der Waals surface area contributed by atoms with Crippen molar-refractivity contribution in [1.82, 2.24) is 9.29 Å². The zero-order chi connectivity index (χ0) is 14.4. The van der Waals surface area contributed by atoms with E-state index in [9.17, 15) is 8.42 Å². The normalized spacial score (nSPS) is 16.3. The van der Waals surface area contributed by atoms with Gasteiger partial charge < -0.3 is 5.11 Å². The highest BCUT2D eigenvalue weighted by Crippen LogP contribution is 2.27. The first-order valence-electron chi connectivity index (χ1n) is 7.13. The van der Waals surface area contributed by atoms with Gasteiger partial charge in [0.2, 0.25) is 10.0 Å². The van der Waals surface area contributed by atoms with E-state index in [0.717, 1.165) is 24.8 Å². The van der Waals surface area contributed by atoms with Gasteiger partial charge in [-0.1, -0.05) is 6.42 Å². The van der Waals surface area contributed by atoms with Gasteiger partial charge in [-0.05, 0) is 43.4 Å². The number of hydrogen-bond donors (Lipinski definition) is 1. The SMILES string of the molecule is O=S(=O)(CCc1ccncc1)N(CCCO)C1CCC1. The molecule has 1 aliphatic carbocycles. The molecule has 0 aromatic carbocycles. The van der Waals surface area contributed by atoms with Crippen LogP contribution in [0.5, 0.6) is 0 Å². The van der Waals surface area contributed by atoms with E-state index in [1.54, 1.807) is 16.7 Å². The van der Waals surface area contributed by atoms with Crippen LogP contribution < -0.4 is 0 Å². The van der Waals surface area contributed by atoms with Crippen LogP contribution in [0, 0.1) is 0 Å². The molecule has 0 bridgehead atoms. The Balaban J connectivity index is 1.98. The molecule has 0 atom stereocenters. The molecule has 20 heavy (non-hydrogen) atoms. The monoisotopic (exact) mass is 298 g/mol. The van der Waals surface area contributed by atoms with Crippen LogP contribution in [0.3, 0.4) is 0 Å². The number of sulfonamides is 1. The van der Waals surface area contributed by atoms with Crippen LogP contribution in [0.1, 0.15) is 31.2 Å². The summed E-state index contributed by atoms with van der Waals surface area (Å²) in [5.74, 6) is 0.124. The molecule has 0 amide bonds. The number of aromatic nitrogens is 1. The lowest BCUT2D eigenvalue weighted by atomic mass is 9.93. The van der Waals surface area contributed by atoms with E-state index < -0.39 is 10.0 Å². The maximum absolute atomic E-state index is 12.5. The van der Waals surface area contributed by atoms with Crippen molar-refractivity contribution in [3.8, 4) is 0 Å². The highest BCUT2D eigenvalue weighted by atomic mass is 32.2. The summed E-state index contributed by atoms with van der Waals surface area (Å²) < 4.78 is 26.6. The lowest BCUT2D eigenvalue weighted by molar-refractivity contribution is 0.198. The summed E-state index contributed by atoms with van der Waals surface area (Å²) in [4.78, 5) is 3.93. The van der Waals surface area contributed by atoms with Gasteiger partial charge in [-0.25, -0.2) is 8.42 Å². The van der Waals surface area contributed by atoms with E-state index in [-0.39, 0.29) is 18.4 Å². The number of aliphatic hydroxyl groups is 1. The van der Waals surface area contributed by atoms with Crippen molar-refractivity contribution in [3.05, 3.63) is 30.1 Å². The molecule has 1 saturated carbocycles. The van der Waals surface area contributed by atoms with Gasteiger partial charge in [-0.15, -0.1) is 0 Å². The molecule has 6 heteroatoms. The molecule has 2 rings (SSSR count). The molecular formula is C14H22N2O3S. The number of pyridine rings is 1. The molecule has 1 heterocycles. The molecular weight excluding hydrogens is 276 g/mol. The van der Waals surface area contributed by atoms with Crippen LogP contribution in [-0.4, -0.2) is 47.8 Å². The van der Waals surface area contributed by atoms with Crippen LogP contribution >= 0.6 is 0 Å². The smallest absolute Gasteiger partial charge is 0.214 e. The van der Waals surface area contributed by atoms with Crippen LogP contribution in [0.15, 0.2) is 24.5 Å². The zero-order valence-electron chi connectivity index (χ0n) is 11.6. The van der Waals surface area contributed by atoms with Crippen molar-refractivity contribution >= 4 is 10.0 Å². The zero-order valence-corrected chi connectivity index (χ0v) is 12.4. The minimum Gasteiger partial charge on any atom is -0.396 e. The van der Waals surface area contributed by atoms with Crippen LogP contribution in [0.25, 0.3) is 0 Å². The van der Waals surface area contributed by atoms with Gasteiger partial charge in [-0.3, -0.25) is 4.98 Å². The second-order valence-corrected chi connectivity index (χ2v) is 7.24. The standard InChI is InChI=1S/C14H22N2O3S/c17-11-2-10-16(14-3-1-4-14)20(18,19)12-7-13-5-8-15-9-6-13/h5-6,8-9,14,17H,1-4,7,10-12H2. The summed E-state index contributed by atoms with van der Waals surface area (Å²) in [5, 5.41) is 8.93. The molecule has 1 aliphatic rings. The molecule has 0 aliphatic heterocycles. The topological polar surface area (TPSA) is 70.5 Å². The van der Waals surface area contributed by atoms with E-state index >= 15 is 0 Å². The Bertz CT molecular complexity index is 500. The van der Waals surface area contributed by atoms with Crippen molar-refractivity contribution in [2.45, 2.75) is 38.1 Å². The number of rotatable bonds is 8. The lowest BCUT2D eigenvalue weighted by Crippen LogP contribution is -2.46. The first kappa shape index (κ1) is 15.4. The molecule has 1 aromatic heterocycles. The van der Waals surface area contributed by atoms with E-state index in [2.05, 4.69) is 4.98 Å². The van der Waals surface area contributed by atoms with E-state index in [1.165, 1.54) is 0 Å². The summed E-state index contributed by atoms with van der Waals surface area (Å²) in [6.07, 6.45) is 7.35. The summed E-state index contributed by atoms with van der Waals surface area (Å²) in [6, 6.07) is 3.83. The molecule has 0 radical (unpaired) electrons. The van der Waals surface area contributed by atoms with Gasteiger partial charge in [0.05, 0.1) is 5.75 Å². The maximum atomic E-state index is 12.5. The summed E-state index contributed by atoms with van der Waals surface area (Å²) in [7, 11) is -3.25. The van der Waals surface area contributed by atoms with Gasteiger partial charge in [0, 0.05) is 31.6 Å². The average molecular weight is 298 g/mol. The van der Waals surface area contributed by atoms with Crippen molar-refractivity contribution in [1.29, 1.82) is 0 Å². The average Bonchev–Trinajstić information content (AvgIpc) is 2.40. The van der Waals surface area contributed by atoms with Crippen LogP contribution in [-0.2, 0) is 16.4 Å². The number of nitrogens with zero attached hydrogens (tertiary/aromatic N) is 2. The fourth-order valence-corrected chi connectivity index (χ4v) is 4.16. The minimum absolute atomic E-state index is 0.0308. The Labute approximate surface area is 120 Å². The van der Waals surface area contributed by atoms with Crippen LogP contribution in [0.4, 0.5) is 0 Å². The third-order valence-electron chi connectivity index (χ3n) is 3.77. The quantitative estimate of drug-likeness (QED) is 0.782. The first-order chi connectivity index (χ1) is 9.63. The van der Waals surface area contributed by atoms with Gasteiger partial charge >= 0.3 is 0 Å². The Kier molecular flexibility index (Phi) is 5.51. The molecule has 0 saturated heterocycles. The number of aryl methyl sites for hydroxylation is 1. The molecule has 5 nitrogen and oxygen atoms in total. The number of aliphatic hydroxyl groups excluding tert-OH is 1. The molecule has 1 N–H and O–H groups in total. The Morgan fingerprint density at radius 2 is 2.00 bits per heavy atom. The fraction of sp³-hybridized carbons (Fsp3) is 0.643. The maximum Gasteiger partial charge on any atom is 0.214 e. The van der Waals surface area contributed by atoms with Gasteiger partial charge in [0.15, 0.2) is 0 Å². The highest BCUT2D eigenvalue weighted by molar-refractivity contribution is 7.89. The Morgan fingerprint density at radius 3 is 2.55 bits per heavy atom. The van der Waals surface area contributed by atoms with Crippen molar-refractivity contribution in [2.75, 3.05) is 18.9 Å².